The van der Waals surface area contributed by atoms with Crippen LogP contribution in [-0.4, -0.2) is 22.8 Å². The van der Waals surface area contributed by atoms with Gasteiger partial charge in [0.2, 0.25) is 0 Å². The van der Waals surface area contributed by atoms with Crippen molar-refractivity contribution in [2.24, 2.45) is 0 Å². The van der Waals surface area contributed by atoms with Crippen LogP contribution >= 0.6 is 22.6 Å². The smallest absolute Gasteiger partial charge is 0.341 e. The van der Waals surface area contributed by atoms with E-state index in [0.29, 0.717) is 22.3 Å². The molecule has 5 nitrogen and oxygen atoms in total. The molecule has 3 rings (SSSR count). The van der Waals surface area contributed by atoms with Crippen molar-refractivity contribution < 1.29 is 14.6 Å². The van der Waals surface area contributed by atoms with Crippen molar-refractivity contribution in [1.29, 1.82) is 0 Å². The normalized spacial score (nSPS) is 10.7. The highest BCUT2D eigenvalue weighted by Gasteiger charge is 2.16. The fourth-order valence-electron chi connectivity index (χ4n) is 2.42. The molecule has 6 heteroatoms. The second-order valence-electron chi connectivity index (χ2n) is 4.90. The van der Waals surface area contributed by atoms with E-state index in [1.807, 2.05) is 18.2 Å². The summed E-state index contributed by atoms with van der Waals surface area (Å²) in [5.74, 6) is -0.576. The number of aromatic nitrogens is 1. The number of ether oxygens (including phenoxy) is 1. The summed E-state index contributed by atoms with van der Waals surface area (Å²) in [6, 6.07) is 13.9. The van der Waals surface area contributed by atoms with Crippen LogP contribution in [0.3, 0.4) is 0 Å². The monoisotopic (exact) mass is 421 g/mol. The first-order valence-corrected chi connectivity index (χ1v) is 7.82. The molecule has 0 radical (unpaired) electrons. The first kappa shape index (κ1) is 15.5. The minimum atomic E-state index is -1.24. The molecule has 0 aliphatic rings. The molecule has 0 fully saturated rings. The molecule has 0 aliphatic heterocycles. The molecular weight excluding hydrogens is 409 g/mol. The number of methoxy groups -OCH3 is 1. The van der Waals surface area contributed by atoms with Gasteiger partial charge in [-0.15, -0.1) is 0 Å². The van der Waals surface area contributed by atoms with Gasteiger partial charge >= 0.3 is 5.97 Å². The Balaban J connectivity index is 2.40. The molecule has 0 saturated carbocycles. The Morgan fingerprint density at radius 3 is 2.43 bits per heavy atom. The number of halogens is 1. The largest absolute Gasteiger partial charge is 0.497 e. The molecule has 0 aliphatic carbocycles. The average Bonchev–Trinajstić information content (AvgIpc) is 2.54. The van der Waals surface area contributed by atoms with Crippen LogP contribution in [-0.2, 0) is 0 Å². The van der Waals surface area contributed by atoms with Crippen molar-refractivity contribution in [3.8, 4) is 11.4 Å². The Morgan fingerprint density at radius 1 is 1.13 bits per heavy atom. The number of hydrogen-bond donors (Lipinski definition) is 1. The first-order chi connectivity index (χ1) is 11.0. The number of carbonyl (C=O) groups is 1. The summed E-state index contributed by atoms with van der Waals surface area (Å²) in [5.41, 5.74) is 0.439. The van der Waals surface area contributed by atoms with Crippen LogP contribution in [0.5, 0.6) is 5.75 Å². The molecule has 0 amide bonds. The molecule has 23 heavy (non-hydrogen) atoms. The van der Waals surface area contributed by atoms with E-state index < -0.39 is 11.5 Å². The molecule has 0 bridgehead atoms. The Labute approximate surface area is 145 Å². The van der Waals surface area contributed by atoms with Gasteiger partial charge < -0.3 is 9.84 Å². The molecule has 116 valence electrons. The second kappa shape index (κ2) is 6.04. The first-order valence-electron chi connectivity index (χ1n) is 6.74. The van der Waals surface area contributed by atoms with E-state index in [1.165, 1.54) is 10.6 Å². The van der Waals surface area contributed by atoms with Crippen molar-refractivity contribution in [2.45, 2.75) is 0 Å². The van der Waals surface area contributed by atoms with Crippen molar-refractivity contribution in [1.82, 2.24) is 4.57 Å². The highest BCUT2D eigenvalue weighted by molar-refractivity contribution is 14.1. The Kier molecular flexibility index (Phi) is 4.08. The fourth-order valence-corrected chi connectivity index (χ4v) is 2.90. The Morgan fingerprint density at radius 2 is 1.83 bits per heavy atom. The molecule has 1 heterocycles. The van der Waals surface area contributed by atoms with Gasteiger partial charge in [0.15, 0.2) is 0 Å². The van der Waals surface area contributed by atoms with E-state index in [1.54, 1.807) is 31.4 Å². The van der Waals surface area contributed by atoms with E-state index in [9.17, 15) is 14.7 Å². The summed E-state index contributed by atoms with van der Waals surface area (Å²) in [7, 11) is 1.56. The van der Waals surface area contributed by atoms with Gasteiger partial charge in [0.1, 0.15) is 11.3 Å². The number of pyridine rings is 1. The zero-order valence-electron chi connectivity index (χ0n) is 12.1. The number of carboxylic acids is 1. The molecule has 2 aromatic carbocycles. The predicted molar refractivity (Wildman–Crippen MR) is 95.8 cm³/mol. The van der Waals surface area contributed by atoms with Gasteiger partial charge in [0.25, 0.3) is 5.56 Å². The third-order valence-electron chi connectivity index (χ3n) is 3.53. The minimum Gasteiger partial charge on any atom is -0.497 e. The van der Waals surface area contributed by atoms with E-state index in [2.05, 4.69) is 22.6 Å². The number of aromatic carboxylic acids is 1. The third-order valence-corrected chi connectivity index (χ3v) is 4.20. The van der Waals surface area contributed by atoms with Gasteiger partial charge in [-0.1, -0.05) is 6.07 Å². The summed E-state index contributed by atoms with van der Waals surface area (Å²) < 4.78 is 7.50. The minimum absolute atomic E-state index is 0.255. The van der Waals surface area contributed by atoms with Crippen molar-refractivity contribution >= 4 is 39.5 Å². The van der Waals surface area contributed by atoms with E-state index in [0.717, 1.165) is 3.57 Å². The van der Waals surface area contributed by atoms with Crippen LogP contribution < -0.4 is 10.3 Å². The Bertz CT molecular complexity index is 961. The summed E-state index contributed by atoms with van der Waals surface area (Å²) in [4.78, 5) is 24.0. The molecule has 0 unspecified atom stereocenters. The van der Waals surface area contributed by atoms with Gasteiger partial charge in [-0.25, -0.2) is 4.79 Å². The van der Waals surface area contributed by atoms with Gasteiger partial charge in [-0.3, -0.25) is 9.36 Å². The lowest BCUT2D eigenvalue weighted by Crippen LogP contribution is -2.25. The van der Waals surface area contributed by atoms with Crippen LogP contribution in [0.1, 0.15) is 10.4 Å². The van der Waals surface area contributed by atoms with Gasteiger partial charge in [0.05, 0.1) is 12.6 Å². The summed E-state index contributed by atoms with van der Waals surface area (Å²) in [5, 5.41) is 9.99. The van der Waals surface area contributed by atoms with E-state index >= 15 is 0 Å². The standard InChI is InChI=1S/C17H12INO4/c1-23-13-6-4-12(5-7-13)19-15-9-11(18)3-2-10(15)8-14(16(19)20)17(21)22/h2-9H,1H3,(H,21,22). The molecule has 3 aromatic rings. The molecule has 0 saturated heterocycles. The highest BCUT2D eigenvalue weighted by Crippen LogP contribution is 2.22. The van der Waals surface area contributed by atoms with Gasteiger partial charge in [-0.05, 0) is 70.4 Å². The number of benzene rings is 2. The summed E-state index contributed by atoms with van der Waals surface area (Å²) in [6.07, 6.45) is 0. The Hall–Kier alpha value is -2.35. The topological polar surface area (TPSA) is 68.5 Å². The van der Waals surface area contributed by atoms with Crippen molar-refractivity contribution in [2.75, 3.05) is 7.11 Å². The number of fused-ring (bicyclic) bond motifs is 1. The molecule has 1 aromatic heterocycles. The van der Waals surface area contributed by atoms with Crippen molar-refractivity contribution in [3.63, 3.8) is 0 Å². The molecule has 0 atom stereocenters. The molecule has 1 N–H and O–H groups in total. The third kappa shape index (κ3) is 2.81. The van der Waals surface area contributed by atoms with Crippen LogP contribution in [0.2, 0.25) is 0 Å². The number of nitrogens with zero attached hydrogens (tertiary/aromatic N) is 1. The highest BCUT2D eigenvalue weighted by atomic mass is 127. The van der Waals surface area contributed by atoms with Crippen LogP contribution in [0.25, 0.3) is 16.6 Å². The zero-order valence-corrected chi connectivity index (χ0v) is 14.3. The average molecular weight is 421 g/mol. The quantitative estimate of drug-likeness (QED) is 0.660. The van der Waals surface area contributed by atoms with Crippen LogP contribution in [0.4, 0.5) is 0 Å². The lowest BCUT2D eigenvalue weighted by Gasteiger charge is -2.12. The number of hydrogen-bond acceptors (Lipinski definition) is 3. The maximum absolute atomic E-state index is 12.6. The van der Waals surface area contributed by atoms with Crippen molar-refractivity contribution in [3.05, 3.63) is 68.0 Å². The van der Waals surface area contributed by atoms with E-state index in [-0.39, 0.29) is 5.56 Å². The molecular formula is C17H12INO4. The van der Waals surface area contributed by atoms with Gasteiger partial charge in [0, 0.05) is 9.26 Å². The van der Waals surface area contributed by atoms with Crippen LogP contribution in [0, 0.1) is 3.57 Å². The molecule has 0 spiro atoms. The lowest BCUT2D eigenvalue weighted by molar-refractivity contribution is 0.0695. The maximum atomic E-state index is 12.6. The lowest BCUT2D eigenvalue weighted by atomic mass is 10.1. The second-order valence-corrected chi connectivity index (χ2v) is 6.15. The van der Waals surface area contributed by atoms with E-state index in [4.69, 9.17) is 4.74 Å². The summed E-state index contributed by atoms with van der Waals surface area (Å²) in [6.45, 7) is 0. The number of rotatable bonds is 3. The van der Waals surface area contributed by atoms with Gasteiger partial charge in [-0.2, -0.15) is 0 Å². The maximum Gasteiger partial charge on any atom is 0.341 e. The predicted octanol–water partition coefficient (Wildman–Crippen LogP) is 3.30. The summed E-state index contributed by atoms with van der Waals surface area (Å²) >= 11 is 2.16. The fraction of sp³-hybridized carbons (Fsp3) is 0.0588. The zero-order chi connectivity index (χ0) is 16.6. The SMILES string of the molecule is COc1ccc(-n2c(=O)c(C(=O)O)cc3ccc(I)cc32)cc1. The van der Waals surface area contributed by atoms with Crippen LogP contribution in [0.15, 0.2) is 53.3 Å². The number of carboxylic acid groups (broad SMARTS) is 1.